The van der Waals surface area contributed by atoms with Gasteiger partial charge in [0.25, 0.3) is 5.56 Å². The molecule has 3 aromatic rings. The van der Waals surface area contributed by atoms with Crippen LogP contribution in [-0.2, 0) is 0 Å². The molecule has 0 bridgehead atoms. The number of nitrogen functional groups attached to an aromatic ring is 1. The molecule has 0 radical (unpaired) electrons. The van der Waals surface area contributed by atoms with E-state index in [1.165, 1.54) is 23.5 Å². The number of nitrogens with two attached hydrogens (primary N) is 1. The zero-order valence-electron chi connectivity index (χ0n) is 10.0. The van der Waals surface area contributed by atoms with Gasteiger partial charge in [-0.15, -0.1) is 11.3 Å². The number of thiophene rings is 1. The quantitative estimate of drug-likeness (QED) is 0.717. The number of rotatable bonds is 1. The van der Waals surface area contributed by atoms with E-state index < -0.39 is 0 Å². The third-order valence-electron chi connectivity index (χ3n) is 2.93. The molecule has 2 heterocycles. The van der Waals surface area contributed by atoms with Gasteiger partial charge in [0.2, 0.25) is 5.95 Å². The van der Waals surface area contributed by atoms with Crippen molar-refractivity contribution in [3.63, 3.8) is 0 Å². The van der Waals surface area contributed by atoms with Crippen LogP contribution in [0.25, 0.3) is 20.7 Å². The Labute approximate surface area is 111 Å². The first kappa shape index (κ1) is 11.9. The summed E-state index contributed by atoms with van der Waals surface area (Å²) < 4.78 is 12.9. The summed E-state index contributed by atoms with van der Waals surface area (Å²) in [5, 5.41) is 0.540. The van der Waals surface area contributed by atoms with E-state index in [2.05, 4.69) is 9.97 Å². The second kappa shape index (κ2) is 4.17. The van der Waals surface area contributed by atoms with Gasteiger partial charge in [0, 0.05) is 4.88 Å². The molecule has 0 saturated carbocycles. The van der Waals surface area contributed by atoms with Gasteiger partial charge in [-0.25, -0.2) is 9.37 Å². The van der Waals surface area contributed by atoms with E-state index in [0.29, 0.717) is 10.2 Å². The lowest BCUT2D eigenvalue weighted by molar-refractivity contribution is 0.628. The number of hydrogen-bond acceptors (Lipinski definition) is 4. The maximum Gasteiger partial charge on any atom is 0.261 e. The highest BCUT2D eigenvalue weighted by Crippen LogP contribution is 2.35. The van der Waals surface area contributed by atoms with Crippen molar-refractivity contribution in [3.05, 3.63) is 46.0 Å². The zero-order chi connectivity index (χ0) is 13.6. The topological polar surface area (TPSA) is 71.8 Å². The molecule has 0 saturated heterocycles. The minimum absolute atomic E-state index is 0.101. The standard InChI is InChI=1S/C13H10FN3OS/c1-6-9-11(18)16-13(15)17-12(9)19-10(6)7-2-4-8(14)5-3-7/h2-5H,1H3,(H3,15,16,17,18). The number of aryl methyl sites for hydroxylation is 1. The summed E-state index contributed by atoms with van der Waals surface area (Å²) in [6.45, 7) is 1.85. The second-order valence-corrected chi connectivity index (χ2v) is 5.19. The van der Waals surface area contributed by atoms with E-state index in [1.807, 2.05) is 6.92 Å². The Hall–Kier alpha value is -2.21. The molecule has 96 valence electrons. The molecule has 0 amide bonds. The van der Waals surface area contributed by atoms with E-state index in [9.17, 15) is 9.18 Å². The monoisotopic (exact) mass is 275 g/mol. The summed E-state index contributed by atoms with van der Waals surface area (Å²) in [5.41, 5.74) is 6.98. The average molecular weight is 275 g/mol. The SMILES string of the molecule is Cc1c(-c2ccc(F)cc2)sc2nc(N)[nH]c(=O)c12. The molecule has 3 N–H and O–H groups in total. The first-order chi connectivity index (χ1) is 9.06. The molecule has 0 fully saturated rings. The summed E-state index contributed by atoms with van der Waals surface area (Å²) in [6, 6.07) is 6.16. The van der Waals surface area contributed by atoms with Crippen LogP contribution in [0.2, 0.25) is 0 Å². The van der Waals surface area contributed by atoms with Crippen LogP contribution in [0.4, 0.5) is 10.3 Å². The molecular formula is C13H10FN3OS. The van der Waals surface area contributed by atoms with Gasteiger partial charge in [0.15, 0.2) is 0 Å². The fraction of sp³-hybridized carbons (Fsp3) is 0.0769. The van der Waals surface area contributed by atoms with Gasteiger partial charge < -0.3 is 5.73 Å². The number of anilines is 1. The molecular weight excluding hydrogens is 265 g/mol. The average Bonchev–Trinajstić information content (AvgIpc) is 2.67. The van der Waals surface area contributed by atoms with Crippen LogP contribution < -0.4 is 11.3 Å². The number of nitrogens with zero attached hydrogens (tertiary/aromatic N) is 1. The van der Waals surface area contributed by atoms with Crippen LogP contribution in [0.3, 0.4) is 0 Å². The van der Waals surface area contributed by atoms with Crippen LogP contribution in [0.15, 0.2) is 29.1 Å². The van der Waals surface area contributed by atoms with Crippen LogP contribution in [0, 0.1) is 12.7 Å². The molecule has 0 unspecified atom stereocenters. The molecule has 6 heteroatoms. The smallest absolute Gasteiger partial charge is 0.261 e. The molecule has 1 aromatic carbocycles. The van der Waals surface area contributed by atoms with Crippen molar-refractivity contribution in [2.45, 2.75) is 6.92 Å². The molecule has 2 aromatic heterocycles. The van der Waals surface area contributed by atoms with Gasteiger partial charge in [0.1, 0.15) is 10.6 Å². The molecule has 19 heavy (non-hydrogen) atoms. The summed E-state index contributed by atoms with van der Waals surface area (Å²) in [6.07, 6.45) is 0. The maximum absolute atomic E-state index is 12.9. The van der Waals surface area contributed by atoms with Gasteiger partial charge >= 0.3 is 0 Å². The number of nitrogens with one attached hydrogen (secondary N) is 1. The lowest BCUT2D eigenvalue weighted by atomic mass is 10.1. The molecule has 0 aliphatic rings. The van der Waals surface area contributed by atoms with Crippen molar-refractivity contribution < 1.29 is 4.39 Å². The van der Waals surface area contributed by atoms with Gasteiger partial charge in [-0.05, 0) is 30.2 Å². The Kier molecular flexibility index (Phi) is 2.60. The number of fused-ring (bicyclic) bond motifs is 1. The lowest BCUT2D eigenvalue weighted by Crippen LogP contribution is -2.10. The predicted molar refractivity (Wildman–Crippen MR) is 74.8 cm³/mol. The Bertz CT molecular complexity index is 820. The van der Waals surface area contributed by atoms with Crippen molar-refractivity contribution in [2.24, 2.45) is 0 Å². The predicted octanol–water partition coefficient (Wildman–Crippen LogP) is 2.68. The highest BCUT2D eigenvalue weighted by Gasteiger charge is 2.14. The van der Waals surface area contributed by atoms with Gasteiger partial charge in [-0.1, -0.05) is 12.1 Å². The van der Waals surface area contributed by atoms with Gasteiger partial charge in [0.05, 0.1) is 5.39 Å². The number of halogens is 1. The molecule has 0 spiro atoms. The second-order valence-electron chi connectivity index (χ2n) is 4.19. The van der Waals surface area contributed by atoms with E-state index in [1.54, 1.807) is 12.1 Å². The minimum atomic E-state index is -0.289. The first-order valence-electron chi connectivity index (χ1n) is 5.61. The number of benzene rings is 1. The van der Waals surface area contributed by atoms with Crippen molar-refractivity contribution in [3.8, 4) is 10.4 Å². The minimum Gasteiger partial charge on any atom is -0.369 e. The highest BCUT2D eigenvalue weighted by atomic mass is 32.1. The lowest BCUT2D eigenvalue weighted by Gasteiger charge is -1.99. The Morgan fingerprint density at radius 1 is 1.32 bits per heavy atom. The van der Waals surface area contributed by atoms with Crippen molar-refractivity contribution in [1.82, 2.24) is 9.97 Å². The van der Waals surface area contributed by atoms with E-state index in [-0.39, 0.29) is 17.3 Å². The number of aromatic amines is 1. The fourth-order valence-electron chi connectivity index (χ4n) is 2.04. The zero-order valence-corrected chi connectivity index (χ0v) is 10.8. The van der Waals surface area contributed by atoms with Crippen LogP contribution in [0.5, 0.6) is 0 Å². The third kappa shape index (κ3) is 1.90. The number of hydrogen-bond donors (Lipinski definition) is 2. The van der Waals surface area contributed by atoms with Crippen molar-refractivity contribution >= 4 is 27.5 Å². The number of H-pyrrole nitrogens is 1. The van der Waals surface area contributed by atoms with E-state index in [0.717, 1.165) is 16.0 Å². The molecule has 0 atom stereocenters. The van der Waals surface area contributed by atoms with E-state index in [4.69, 9.17) is 5.73 Å². The molecule has 0 aliphatic carbocycles. The fourth-order valence-corrected chi connectivity index (χ4v) is 3.23. The normalized spacial score (nSPS) is 11.1. The van der Waals surface area contributed by atoms with Crippen molar-refractivity contribution in [2.75, 3.05) is 5.73 Å². The summed E-state index contributed by atoms with van der Waals surface area (Å²) >= 11 is 1.38. The van der Waals surface area contributed by atoms with Crippen molar-refractivity contribution in [1.29, 1.82) is 0 Å². The van der Waals surface area contributed by atoms with Gasteiger partial charge in [-0.2, -0.15) is 0 Å². The molecule has 0 aliphatic heterocycles. The largest absolute Gasteiger partial charge is 0.369 e. The van der Waals surface area contributed by atoms with Crippen LogP contribution >= 0.6 is 11.3 Å². The first-order valence-corrected chi connectivity index (χ1v) is 6.43. The maximum atomic E-state index is 12.9. The Morgan fingerprint density at radius 3 is 2.68 bits per heavy atom. The molecule has 4 nitrogen and oxygen atoms in total. The summed E-state index contributed by atoms with van der Waals surface area (Å²) in [7, 11) is 0. The Morgan fingerprint density at radius 2 is 2.00 bits per heavy atom. The summed E-state index contributed by atoms with van der Waals surface area (Å²) in [4.78, 5) is 20.0. The highest BCUT2D eigenvalue weighted by molar-refractivity contribution is 7.22. The number of aromatic nitrogens is 2. The van der Waals surface area contributed by atoms with E-state index >= 15 is 0 Å². The third-order valence-corrected chi connectivity index (χ3v) is 4.16. The van der Waals surface area contributed by atoms with Gasteiger partial charge in [-0.3, -0.25) is 9.78 Å². The van der Waals surface area contributed by atoms with Crippen LogP contribution in [-0.4, -0.2) is 9.97 Å². The van der Waals surface area contributed by atoms with Crippen LogP contribution in [0.1, 0.15) is 5.56 Å². The summed E-state index contributed by atoms with van der Waals surface area (Å²) in [5.74, 6) is -0.188. The Balaban J connectivity index is 2.31. The molecule has 3 rings (SSSR count).